The van der Waals surface area contributed by atoms with E-state index in [1.807, 2.05) is 65.7 Å². The Hall–Kier alpha value is -5.73. The van der Waals surface area contributed by atoms with Gasteiger partial charge in [0.25, 0.3) is 0 Å². The van der Waals surface area contributed by atoms with Gasteiger partial charge in [0.2, 0.25) is 11.8 Å². The van der Waals surface area contributed by atoms with Gasteiger partial charge < -0.3 is 54.0 Å². The maximum absolute atomic E-state index is 14.0. The predicted molar refractivity (Wildman–Crippen MR) is 283 cm³/mol. The standard InChI is InChI=1S/C57H74FN7O9/c1-42-38-64(50(37-61-42)40-68-4)39-54(66)65-41-57(2,3)55-53(65)35-45(36-62-55)31-43-8-6-10-51(33-43)74-30-29-73-28-27-72-26-25-71-24-23-70-22-21-69-20-19-60-52(34-44-7-5-9-48(58)32-44)56(67)63-49-13-11-46(12-14-49)47-15-17-59-18-16-47/h5-18,32-33,35-36,42,50,52,60-61H,19-31,34,37-41H2,1-4H3,(H,63,67)/t42-,50-,52-/m1/s1. The van der Waals surface area contributed by atoms with Crippen molar-refractivity contribution in [1.29, 1.82) is 0 Å². The number of pyridine rings is 2. The first-order valence-corrected chi connectivity index (χ1v) is 25.7. The highest BCUT2D eigenvalue weighted by molar-refractivity contribution is 5.97. The maximum atomic E-state index is 14.0. The molecule has 1 saturated heterocycles. The number of aromatic nitrogens is 2. The number of methoxy groups -OCH3 is 1. The molecular formula is C57H74FN7O9. The van der Waals surface area contributed by atoms with Crippen molar-refractivity contribution in [3.05, 3.63) is 138 Å². The van der Waals surface area contributed by atoms with Gasteiger partial charge >= 0.3 is 0 Å². The smallest absolute Gasteiger partial charge is 0.241 e. The molecule has 0 bridgehead atoms. The van der Waals surface area contributed by atoms with Crippen molar-refractivity contribution in [3.8, 4) is 16.9 Å². The molecule has 17 heteroatoms. The fourth-order valence-electron chi connectivity index (χ4n) is 9.10. The molecule has 0 spiro atoms. The molecule has 0 radical (unpaired) electrons. The number of halogens is 1. The Morgan fingerprint density at radius 3 is 2.12 bits per heavy atom. The quantitative estimate of drug-likeness (QED) is 0.0436. The average molecular weight is 1020 g/mol. The number of carbonyl (C=O) groups excluding carboxylic acids is 2. The summed E-state index contributed by atoms with van der Waals surface area (Å²) in [6.45, 7) is 14.6. The van der Waals surface area contributed by atoms with Gasteiger partial charge in [-0.3, -0.25) is 24.5 Å². The molecule has 2 aliphatic heterocycles. The van der Waals surface area contributed by atoms with Gasteiger partial charge in [0.15, 0.2) is 0 Å². The molecule has 3 aromatic carbocycles. The summed E-state index contributed by atoms with van der Waals surface area (Å²) in [4.78, 5) is 40.4. The summed E-state index contributed by atoms with van der Waals surface area (Å²) in [6, 6.07) is 27.7. The lowest BCUT2D eigenvalue weighted by Gasteiger charge is -2.39. The van der Waals surface area contributed by atoms with Crippen LogP contribution in [0.15, 0.2) is 110 Å². The lowest BCUT2D eigenvalue weighted by atomic mass is 9.91. The number of piperazine rings is 1. The highest BCUT2D eigenvalue weighted by Crippen LogP contribution is 2.40. The van der Waals surface area contributed by atoms with Crippen LogP contribution in [-0.2, 0) is 56.3 Å². The zero-order valence-corrected chi connectivity index (χ0v) is 43.4. The maximum Gasteiger partial charge on any atom is 0.241 e. The molecular weight excluding hydrogens is 946 g/mol. The molecule has 2 aliphatic rings. The fraction of sp³-hybridized carbons (Fsp3) is 0.474. The minimum atomic E-state index is -0.608. The highest BCUT2D eigenvalue weighted by atomic mass is 19.1. The van der Waals surface area contributed by atoms with E-state index in [1.165, 1.54) is 12.1 Å². The largest absolute Gasteiger partial charge is 0.491 e. The van der Waals surface area contributed by atoms with Crippen LogP contribution in [0.3, 0.4) is 0 Å². The second-order valence-corrected chi connectivity index (χ2v) is 19.3. The normalized spacial score (nSPS) is 16.7. The van der Waals surface area contributed by atoms with E-state index in [-0.39, 0.29) is 29.1 Å². The number of amides is 2. The van der Waals surface area contributed by atoms with E-state index in [9.17, 15) is 14.0 Å². The van der Waals surface area contributed by atoms with E-state index in [2.05, 4.69) is 58.7 Å². The summed E-state index contributed by atoms with van der Waals surface area (Å²) in [6.07, 6.45) is 6.38. The van der Waals surface area contributed by atoms with E-state index in [1.54, 1.807) is 31.6 Å². The average Bonchev–Trinajstić information content (AvgIpc) is 3.67. The number of fused-ring (bicyclic) bond motifs is 1. The Bertz CT molecular complexity index is 2490. The summed E-state index contributed by atoms with van der Waals surface area (Å²) >= 11 is 0. The lowest BCUT2D eigenvalue weighted by Crippen LogP contribution is -2.59. The van der Waals surface area contributed by atoms with E-state index in [0.717, 1.165) is 52.5 Å². The number of nitrogens with zero attached hydrogens (tertiary/aromatic N) is 4. The Labute approximate surface area is 435 Å². The zero-order chi connectivity index (χ0) is 52.0. The van der Waals surface area contributed by atoms with Crippen LogP contribution in [0.5, 0.6) is 5.75 Å². The SMILES string of the molecule is COC[C@H]1CN[C@H](C)CN1CC(=O)N1CC(C)(C)c2ncc(Cc3cccc(OCCOCCOCCOCCOCCOCCN[C@H](Cc4cccc(F)c4)C(=O)Nc4ccc(-c5ccncc5)cc4)c3)cc21. The summed E-state index contributed by atoms with van der Waals surface area (Å²) in [7, 11) is 1.71. The lowest BCUT2D eigenvalue weighted by molar-refractivity contribution is -0.121. The van der Waals surface area contributed by atoms with Crippen LogP contribution in [0, 0.1) is 5.82 Å². The molecule has 16 nitrogen and oxygen atoms in total. The van der Waals surface area contributed by atoms with Crippen LogP contribution in [0.2, 0.25) is 0 Å². The number of hydrogen-bond acceptors (Lipinski definition) is 14. The predicted octanol–water partition coefficient (Wildman–Crippen LogP) is 6.11. The van der Waals surface area contributed by atoms with Gasteiger partial charge in [-0.15, -0.1) is 0 Å². The second kappa shape index (κ2) is 29.4. The van der Waals surface area contributed by atoms with Crippen LogP contribution < -0.4 is 25.6 Å². The number of carbonyl (C=O) groups is 2. The number of ether oxygens (including phenoxy) is 7. The number of rotatable bonds is 31. The molecule has 74 heavy (non-hydrogen) atoms. The number of benzene rings is 3. The van der Waals surface area contributed by atoms with Crippen molar-refractivity contribution in [2.45, 2.75) is 57.2 Å². The Kier molecular flexibility index (Phi) is 22.2. The molecule has 0 aliphatic carbocycles. The molecule has 2 amide bonds. The van der Waals surface area contributed by atoms with E-state index >= 15 is 0 Å². The molecule has 0 saturated carbocycles. The Morgan fingerprint density at radius 2 is 1.43 bits per heavy atom. The third-order valence-electron chi connectivity index (χ3n) is 12.9. The van der Waals surface area contributed by atoms with Crippen molar-refractivity contribution in [2.75, 3.05) is 129 Å². The van der Waals surface area contributed by atoms with Crippen LogP contribution in [0.1, 0.15) is 43.2 Å². The Morgan fingerprint density at radius 1 is 0.784 bits per heavy atom. The van der Waals surface area contributed by atoms with Crippen LogP contribution in [0.4, 0.5) is 15.8 Å². The molecule has 4 heterocycles. The summed E-state index contributed by atoms with van der Waals surface area (Å²) < 4.78 is 53.8. The van der Waals surface area contributed by atoms with E-state index < -0.39 is 6.04 Å². The monoisotopic (exact) mass is 1020 g/mol. The first-order chi connectivity index (χ1) is 36.0. The molecule has 7 rings (SSSR count). The van der Waals surface area contributed by atoms with Gasteiger partial charge in [-0.25, -0.2) is 4.39 Å². The van der Waals surface area contributed by atoms with Crippen LogP contribution in [-0.4, -0.2) is 164 Å². The summed E-state index contributed by atoms with van der Waals surface area (Å²) in [5.74, 6) is 0.277. The third-order valence-corrected chi connectivity index (χ3v) is 12.9. The molecule has 1 fully saturated rings. The van der Waals surface area contributed by atoms with Crippen molar-refractivity contribution in [3.63, 3.8) is 0 Å². The van der Waals surface area contributed by atoms with Crippen molar-refractivity contribution >= 4 is 23.2 Å². The summed E-state index contributed by atoms with van der Waals surface area (Å²) in [5.41, 5.74) is 7.15. The second-order valence-electron chi connectivity index (χ2n) is 19.3. The minimum Gasteiger partial charge on any atom is -0.491 e. The molecule has 5 aromatic rings. The molecule has 3 N–H and O–H groups in total. The van der Waals surface area contributed by atoms with Gasteiger partial charge in [0.1, 0.15) is 18.2 Å². The van der Waals surface area contributed by atoms with Gasteiger partial charge in [0, 0.05) is 75.1 Å². The van der Waals surface area contributed by atoms with E-state index in [0.29, 0.717) is 129 Å². The molecule has 398 valence electrons. The summed E-state index contributed by atoms with van der Waals surface area (Å²) in [5, 5.41) is 9.76. The molecule has 3 atom stereocenters. The molecule has 0 unspecified atom stereocenters. The van der Waals surface area contributed by atoms with Gasteiger partial charge in [-0.2, -0.15) is 0 Å². The van der Waals surface area contributed by atoms with Gasteiger partial charge in [-0.05, 0) is 102 Å². The molecule has 2 aromatic heterocycles. The van der Waals surface area contributed by atoms with E-state index in [4.69, 9.17) is 38.1 Å². The number of anilines is 2. The Balaban J connectivity index is 0.700. The third kappa shape index (κ3) is 17.7. The number of hydrogen-bond donors (Lipinski definition) is 3. The first kappa shape index (κ1) is 56.0. The van der Waals surface area contributed by atoms with Crippen molar-refractivity contribution < 1.29 is 47.1 Å². The van der Waals surface area contributed by atoms with Gasteiger partial charge in [-0.1, -0.05) is 50.2 Å². The van der Waals surface area contributed by atoms with Crippen molar-refractivity contribution in [1.82, 2.24) is 25.5 Å². The first-order valence-electron chi connectivity index (χ1n) is 25.7. The van der Waals surface area contributed by atoms with Crippen molar-refractivity contribution in [2.24, 2.45) is 0 Å². The zero-order valence-electron chi connectivity index (χ0n) is 43.4. The van der Waals surface area contributed by atoms with Crippen LogP contribution >= 0.6 is 0 Å². The highest BCUT2D eigenvalue weighted by Gasteiger charge is 2.40. The topological polar surface area (TPSA) is 167 Å². The van der Waals surface area contributed by atoms with Gasteiger partial charge in [0.05, 0.1) is 96.6 Å². The van der Waals surface area contributed by atoms with Crippen LogP contribution in [0.25, 0.3) is 11.1 Å². The number of nitrogens with one attached hydrogen (secondary N) is 3. The fourth-order valence-corrected chi connectivity index (χ4v) is 9.10. The minimum absolute atomic E-state index is 0.0860.